The Kier molecular flexibility index (Phi) is 4.08. The molecule has 0 atom stereocenters. The number of methoxy groups -OCH3 is 2. The second-order valence-electron chi connectivity index (χ2n) is 6.02. The predicted molar refractivity (Wildman–Crippen MR) is 102 cm³/mol. The molecule has 3 aromatic rings. The first-order valence-electron chi connectivity index (χ1n) is 8.30. The molecule has 27 heavy (non-hydrogen) atoms. The second kappa shape index (κ2) is 6.57. The zero-order valence-corrected chi connectivity index (χ0v) is 14.8. The Morgan fingerprint density at radius 3 is 1.93 bits per heavy atom. The van der Waals surface area contributed by atoms with Crippen LogP contribution in [0.2, 0.25) is 0 Å². The van der Waals surface area contributed by atoms with Gasteiger partial charge in [0.15, 0.2) is 0 Å². The molecule has 0 spiro atoms. The first kappa shape index (κ1) is 16.8. The van der Waals surface area contributed by atoms with Crippen molar-refractivity contribution in [3.63, 3.8) is 0 Å². The fourth-order valence-corrected chi connectivity index (χ4v) is 3.15. The highest BCUT2D eigenvalue weighted by atomic mass is 16.5. The molecule has 0 bridgehead atoms. The van der Waals surface area contributed by atoms with Gasteiger partial charge in [0.25, 0.3) is 11.8 Å². The summed E-state index contributed by atoms with van der Waals surface area (Å²) in [7, 11) is 3.09. The lowest BCUT2D eigenvalue weighted by atomic mass is 9.95. The summed E-state index contributed by atoms with van der Waals surface area (Å²) in [5.41, 5.74) is 1.56. The average Bonchev–Trinajstić information content (AvgIpc) is 2.71. The van der Waals surface area contributed by atoms with Gasteiger partial charge in [-0.25, -0.2) is 0 Å². The normalized spacial score (nSPS) is 13.5. The van der Waals surface area contributed by atoms with Gasteiger partial charge in [0, 0.05) is 17.0 Å². The van der Waals surface area contributed by atoms with Crippen LogP contribution in [0, 0.1) is 0 Å². The topological polar surface area (TPSA) is 68.2 Å². The number of carbonyl (C=O) groups is 2. The lowest BCUT2D eigenvalue weighted by Crippen LogP contribution is -2.36. The van der Waals surface area contributed by atoms with Gasteiger partial charge in [0.05, 0.1) is 31.6 Å². The zero-order valence-electron chi connectivity index (χ0n) is 14.8. The highest BCUT2D eigenvalue weighted by Gasteiger charge is 2.32. The average molecular weight is 360 g/mol. The van der Waals surface area contributed by atoms with Gasteiger partial charge in [0.2, 0.25) is 0 Å². The molecule has 0 saturated heterocycles. The molecule has 6 nitrogen and oxygen atoms in total. The minimum atomic E-state index is -0.449. The Labute approximate surface area is 155 Å². The molecule has 6 heteroatoms. The summed E-state index contributed by atoms with van der Waals surface area (Å²) in [6.45, 7) is 0. The number of hydrazone groups is 1. The van der Waals surface area contributed by atoms with Crippen LogP contribution in [-0.4, -0.2) is 37.3 Å². The summed E-state index contributed by atoms with van der Waals surface area (Å²) in [5, 5.41) is 6.57. The molecule has 1 aliphatic heterocycles. The number of hydrogen-bond donors (Lipinski definition) is 0. The fraction of sp³-hybridized carbons (Fsp3) is 0.0952. The summed E-state index contributed by atoms with van der Waals surface area (Å²) in [6, 6.07) is 16.0. The van der Waals surface area contributed by atoms with E-state index in [9.17, 15) is 9.59 Å². The summed E-state index contributed by atoms with van der Waals surface area (Å²) in [6.07, 6.45) is 1.44. The van der Waals surface area contributed by atoms with E-state index >= 15 is 0 Å². The molecule has 3 aromatic carbocycles. The van der Waals surface area contributed by atoms with Crippen LogP contribution in [0.15, 0.2) is 59.7 Å². The smallest absolute Gasteiger partial charge is 0.282 e. The SMILES string of the molecule is COc1cc(/C=N\N2C(=O)c3cccc4cccc(c34)C2=O)cc(OC)c1. The van der Waals surface area contributed by atoms with Gasteiger partial charge in [-0.1, -0.05) is 24.3 Å². The van der Waals surface area contributed by atoms with Gasteiger partial charge < -0.3 is 9.47 Å². The third kappa shape index (κ3) is 2.81. The minimum Gasteiger partial charge on any atom is -0.497 e. The maximum Gasteiger partial charge on any atom is 0.282 e. The van der Waals surface area contributed by atoms with Crippen molar-refractivity contribution >= 4 is 28.8 Å². The van der Waals surface area contributed by atoms with Gasteiger partial charge in [-0.15, -0.1) is 0 Å². The summed E-state index contributed by atoms with van der Waals surface area (Å²) < 4.78 is 10.5. The lowest BCUT2D eigenvalue weighted by molar-refractivity contribution is 0.0616. The Morgan fingerprint density at radius 2 is 1.41 bits per heavy atom. The van der Waals surface area contributed by atoms with Crippen molar-refractivity contribution in [2.45, 2.75) is 0 Å². The van der Waals surface area contributed by atoms with E-state index in [0.29, 0.717) is 33.6 Å². The van der Waals surface area contributed by atoms with Crippen LogP contribution in [0.5, 0.6) is 11.5 Å². The summed E-state index contributed by atoms with van der Waals surface area (Å²) in [4.78, 5) is 25.6. The standard InChI is InChI=1S/C21H16N2O4/c1-26-15-9-13(10-16(11-15)27-2)12-22-23-20(24)17-7-3-5-14-6-4-8-18(19(14)17)21(23)25/h3-12H,1-2H3/b22-12-. The number of carbonyl (C=O) groups excluding carboxylic acids is 2. The number of imide groups is 1. The number of nitrogens with zero attached hydrogens (tertiary/aromatic N) is 2. The van der Waals surface area contributed by atoms with Crippen LogP contribution >= 0.6 is 0 Å². The van der Waals surface area contributed by atoms with E-state index in [1.807, 2.05) is 12.1 Å². The van der Waals surface area contributed by atoms with Gasteiger partial charge >= 0.3 is 0 Å². The van der Waals surface area contributed by atoms with Crippen molar-refractivity contribution < 1.29 is 19.1 Å². The number of rotatable bonds is 4. The number of ether oxygens (including phenoxy) is 2. The van der Waals surface area contributed by atoms with Crippen LogP contribution in [0.3, 0.4) is 0 Å². The maximum atomic E-state index is 12.8. The molecular formula is C21H16N2O4. The third-order valence-electron chi connectivity index (χ3n) is 4.45. The van der Waals surface area contributed by atoms with E-state index < -0.39 is 11.8 Å². The number of hydrogen-bond acceptors (Lipinski definition) is 5. The molecule has 2 amide bonds. The van der Waals surface area contributed by atoms with Crippen molar-refractivity contribution in [3.05, 3.63) is 71.3 Å². The zero-order chi connectivity index (χ0) is 19.0. The van der Waals surface area contributed by atoms with Crippen LogP contribution < -0.4 is 9.47 Å². The Bertz CT molecular complexity index is 1030. The monoisotopic (exact) mass is 360 g/mol. The third-order valence-corrected chi connectivity index (χ3v) is 4.45. The molecule has 1 aliphatic rings. The van der Waals surface area contributed by atoms with Crippen molar-refractivity contribution in [3.8, 4) is 11.5 Å². The van der Waals surface area contributed by atoms with E-state index in [1.165, 1.54) is 6.21 Å². The van der Waals surface area contributed by atoms with Crippen molar-refractivity contribution in [1.29, 1.82) is 0 Å². The van der Waals surface area contributed by atoms with Crippen molar-refractivity contribution in [2.24, 2.45) is 5.10 Å². The molecule has 0 aliphatic carbocycles. The molecule has 0 fully saturated rings. The largest absolute Gasteiger partial charge is 0.497 e. The first-order chi connectivity index (χ1) is 13.1. The van der Waals surface area contributed by atoms with E-state index in [2.05, 4.69) is 5.10 Å². The molecule has 4 rings (SSSR count). The van der Waals surface area contributed by atoms with E-state index in [4.69, 9.17) is 9.47 Å². The van der Waals surface area contributed by atoms with Gasteiger partial charge in [-0.3, -0.25) is 9.59 Å². The summed E-state index contributed by atoms with van der Waals surface area (Å²) >= 11 is 0. The number of amides is 2. The van der Waals surface area contributed by atoms with Crippen LogP contribution in [0.1, 0.15) is 26.3 Å². The second-order valence-corrected chi connectivity index (χ2v) is 6.02. The van der Waals surface area contributed by atoms with E-state index in [0.717, 1.165) is 10.4 Å². The van der Waals surface area contributed by atoms with Gasteiger partial charge in [-0.05, 0) is 29.7 Å². The van der Waals surface area contributed by atoms with Gasteiger partial charge in [0.1, 0.15) is 11.5 Å². The Hall–Kier alpha value is -3.67. The van der Waals surface area contributed by atoms with Crippen LogP contribution in [0.25, 0.3) is 10.8 Å². The lowest BCUT2D eigenvalue weighted by Gasteiger charge is -2.23. The highest BCUT2D eigenvalue weighted by Crippen LogP contribution is 2.30. The van der Waals surface area contributed by atoms with Gasteiger partial charge in [-0.2, -0.15) is 10.1 Å². The van der Waals surface area contributed by atoms with Crippen molar-refractivity contribution in [2.75, 3.05) is 14.2 Å². The van der Waals surface area contributed by atoms with Crippen LogP contribution in [-0.2, 0) is 0 Å². The van der Waals surface area contributed by atoms with E-state index in [-0.39, 0.29) is 0 Å². The first-order valence-corrected chi connectivity index (χ1v) is 8.30. The molecule has 0 N–H and O–H groups in total. The fourth-order valence-electron chi connectivity index (χ4n) is 3.15. The Morgan fingerprint density at radius 1 is 0.852 bits per heavy atom. The quantitative estimate of drug-likeness (QED) is 0.528. The van der Waals surface area contributed by atoms with E-state index in [1.54, 1.807) is 56.7 Å². The highest BCUT2D eigenvalue weighted by molar-refractivity contribution is 6.25. The number of benzene rings is 3. The maximum absolute atomic E-state index is 12.8. The molecule has 1 heterocycles. The molecule has 0 aromatic heterocycles. The molecule has 134 valence electrons. The predicted octanol–water partition coefficient (Wildman–Crippen LogP) is 3.49. The van der Waals surface area contributed by atoms with Crippen molar-refractivity contribution in [1.82, 2.24) is 5.01 Å². The van der Waals surface area contributed by atoms with Crippen LogP contribution in [0.4, 0.5) is 0 Å². The molecule has 0 unspecified atom stereocenters. The molecule has 0 saturated carbocycles. The molecule has 0 radical (unpaired) electrons. The molecular weight excluding hydrogens is 344 g/mol. The summed E-state index contributed by atoms with van der Waals surface area (Å²) in [5.74, 6) is 0.273. The Balaban J connectivity index is 1.75. The minimum absolute atomic E-state index is 0.449.